The van der Waals surface area contributed by atoms with Gasteiger partial charge in [-0.05, 0) is 32.9 Å². The molecular formula is C18H20FN3O3. The molecule has 1 heterocycles. The van der Waals surface area contributed by atoms with Crippen LogP contribution in [-0.4, -0.2) is 27.8 Å². The van der Waals surface area contributed by atoms with Crippen molar-refractivity contribution in [1.29, 1.82) is 0 Å². The van der Waals surface area contributed by atoms with Gasteiger partial charge in [0, 0.05) is 18.7 Å². The van der Waals surface area contributed by atoms with E-state index >= 15 is 0 Å². The molecule has 0 spiro atoms. The fourth-order valence-corrected chi connectivity index (χ4v) is 2.21. The van der Waals surface area contributed by atoms with E-state index in [4.69, 9.17) is 4.74 Å². The van der Waals surface area contributed by atoms with Crippen LogP contribution in [0.1, 0.15) is 23.9 Å². The van der Waals surface area contributed by atoms with Crippen LogP contribution in [0.4, 0.5) is 10.1 Å². The van der Waals surface area contributed by atoms with E-state index in [2.05, 4.69) is 10.4 Å². The number of esters is 1. The molecule has 25 heavy (non-hydrogen) atoms. The quantitative estimate of drug-likeness (QED) is 0.668. The second-order valence-corrected chi connectivity index (χ2v) is 5.59. The van der Waals surface area contributed by atoms with Crippen LogP contribution in [0.3, 0.4) is 0 Å². The Bertz CT molecular complexity index is 827. The zero-order chi connectivity index (χ0) is 18.6. The van der Waals surface area contributed by atoms with Gasteiger partial charge in [0.25, 0.3) is 5.91 Å². The highest BCUT2D eigenvalue weighted by Crippen LogP contribution is 2.18. The number of halogens is 1. The number of hydrogen-bond donors (Lipinski definition) is 1. The molecule has 0 saturated heterocycles. The first-order chi connectivity index (χ1) is 11.8. The first-order valence-corrected chi connectivity index (χ1v) is 7.74. The van der Waals surface area contributed by atoms with E-state index in [1.807, 2.05) is 6.92 Å². The summed E-state index contributed by atoms with van der Waals surface area (Å²) in [6.07, 6.45) is 1.39. The summed E-state index contributed by atoms with van der Waals surface area (Å²) >= 11 is 0. The fourth-order valence-electron chi connectivity index (χ4n) is 2.21. The number of aryl methyl sites for hydroxylation is 2. The van der Waals surface area contributed by atoms with Gasteiger partial charge in [0.05, 0.1) is 17.1 Å². The van der Waals surface area contributed by atoms with Crippen LogP contribution in [0.25, 0.3) is 6.08 Å². The predicted molar refractivity (Wildman–Crippen MR) is 92.3 cm³/mol. The van der Waals surface area contributed by atoms with Crippen molar-refractivity contribution in [3.05, 3.63) is 53.1 Å². The van der Waals surface area contributed by atoms with Crippen LogP contribution >= 0.6 is 0 Å². The molecule has 0 saturated carbocycles. The van der Waals surface area contributed by atoms with Crippen LogP contribution in [0.15, 0.2) is 30.3 Å². The third-order valence-electron chi connectivity index (χ3n) is 3.72. The number of nitrogens with zero attached hydrogens (tertiary/aromatic N) is 2. The fraction of sp³-hybridized carbons (Fsp3) is 0.278. The minimum absolute atomic E-state index is 0.262. The van der Waals surface area contributed by atoms with Crippen LogP contribution in [-0.2, 0) is 21.4 Å². The molecule has 0 unspecified atom stereocenters. The van der Waals surface area contributed by atoms with Crippen molar-refractivity contribution in [1.82, 2.24) is 9.78 Å². The number of carbonyl (C=O) groups is 2. The van der Waals surface area contributed by atoms with Crippen molar-refractivity contribution in [3.63, 3.8) is 0 Å². The smallest absolute Gasteiger partial charge is 0.331 e. The van der Waals surface area contributed by atoms with E-state index in [1.165, 1.54) is 25.1 Å². The van der Waals surface area contributed by atoms with E-state index in [-0.39, 0.29) is 5.56 Å². The van der Waals surface area contributed by atoms with E-state index in [9.17, 15) is 14.0 Å². The maximum absolute atomic E-state index is 13.5. The Labute approximate surface area is 145 Å². The molecular weight excluding hydrogens is 325 g/mol. The van der Waals surface area contributed by atoms with Gasteiger partial charge in [-0.1, -0.05) is 18.2 Å². The molecule has 7 heteroatoms. The third kappa shape index (κ3) is 4.53. The average Bonchev–Trinajstić information content (AvgIpc) is 2.80. The summed E-state index contributed by atoms with van der Waals surface area (Å²) in [5.41, 5.74) is 2.32. The summed E-state index contributed by atoms with van der Waals surface area (Å²) in [4.78, 5) is 24.0. The topological polar surface area (TPSA) is 73.2 Å². The summed E-state index contributed by atoms with van der Waals surface area (Å²) in [7, 11) is 1.77. The SMILES string of the molecule is Cc1nn(C)c(C)c1NC(=O)[C@@H](C)OC(=O)/C=C/c1ccccc1F. The molecule has 6 nitrogen and oxygen atoms in total. The number of benzene rings is 1. The molecule has 2 rings (SSSR count). The first-order valence-electron chi connectivity index (χ1n) is 7.74. The number of rotatable bonds is 5. The van der Waals surface area contributed by atoms with Crippen molar-refractivity contribution in [2.45, 2.75) is 26.9 Å². The largest absolute Gasteiger partial charge is 0.449 e. The van der Waals surface area contributed by atoms with Crippen molar-refractivity contribution in [2.75, 3.05) is 5.32 Å². The predicted octanol–water partition coefficient (Wildman–Crippen LogP) is 2.76. The molecule has 1 atom stereocenters. The molecule has 0 aliphatic carbocycles. The Morgan fingerprint density at radius 2 is 2.00 bits per heavy atom. The van der Waals surface area contributed by atoms with E-state index < -0.39 is 23.8 Å². The van der Waals surface area contributed by atoms with Gasteiger partial charge in [-0.15, -0.1) is 0 Å². The van der Waals surface area contributed by atoms with Crippen molar-refractivity contribution in [3.8, 4) is 0 Å². The summed E-state index contributed by atoms with van der Waals surface area (Å²) < 4.78 is 20.2. The van der Waals surface area contributed by atoms with Crippen LogP contribution in [0.5, 0.6) is 0 Å². The molecule has 132 valence electrons. The molecule has 0 fully saturated rings. The lowest BCUT2D eigenvalue weighted by molar-refractivity contribution is -0.148. The number of aromatic nitrogens is 2. The standard InChI is InChI=1S/C18H20FN3O3/c1-11-17(12(2)22(4)21-11)20-18(24)13(3)25-16(23)10-9-14-7-5-6-8-15(14)19/h5-10,13H,1-4H3,(H,20,24)/b10-9+/t13-/m1/s1. The van der Waals surface area contributed by atoms with Gasteiger partial charge in [0.15, 0.2) is 6.10 Å². The molecule has 0 aliphatic heterocycles. The normalized spacial score (nSPS) is 12.2. The molecule has 1 N–H and O–H groups in total. The third-order valence-corrected chi connectivity index (χ3v) is 3.72. The number of nitrogens with one attached hydrogen (secondary N) is 1. The molecule has 0 aliphatic rings. The van der Waals surface area contributed by atoms with Crippen LogP contribution < -0.4 is 5.32 Å². The van der Waals surface area contributed by atoms with Crippen LogP contribution in [0.2, 0.25) is 0 Å². The second-order valence-electron chi connectivity index (χ2n) is 5.59. The Morgan fingerprint density at radius 3 is 2.60 bits per heavy atom. The van der Waals surface area contributed by atoms with Crippen molar-refractivity contribution >= 4 is 23.6 Å². The number of ether oxygens (including phenoxy) is 1. The van der Waals surface area contributed by atoms with E-state index in [1.54, 1.807) is 30.8 Å². The van der Waals surface area contributed by atoms with Crippen molar-refractivity contribution < 1.29 is 18.7 Å². The minimum Gasteiger partial charge on any atom is -0.449 e. The van der Waals surface area contributed by atoms with Gasteiger partial charge in [0.1, 0.15) is 5.82 Å². The van der Waals surface area contributed by atoms with Gasteiger partial charge >= 0.3 is 5.97 Å². The van der Waals surface area contributed by atoms with Gasteiger partial charge in [-0.2, -0.15) is 5.10 Å². The van der Waals surface area contributed by atoms with Gasteiger partial charge in [0.2, 0.25) is 0 Å². The Morgan fingerprint density at radius 1 is 1.32 bits per heavy atom. The molecule has 2 aromatic rings. The summed E-state index contributed by atoms with van der Waals surface area (Å²) in [5.74, 6) is -1.64. The molecule has 1 aromatic carbocycles. The number of carbonyl (C=O) groups excluding carboxylic acids is 2. The number of anilines is 1. The second kappa shape index (κ2) is 7.74. The number of hydrogen-bond acceptors (Lipinski definition) is 4. The Kier molecular flexibility index (Phi) is 5.69. The van der Waals surface area contributed by atoms with E-state index in [0.29, 0.717) is 11.4 Å². The summed E-state index contributed by atoms with van der Waals surface area (Å²) in [6.45, 7) is 5.06. The highest BCUT2D eigenvalue weighted by molar-refractivity contribution is 5.97. The maximum atomic E-state index is 13.5. The Balaban J connectivity index is 1.96. The first kappa shape index (κ1) is 18.4. The summed E-state index contributed by atoms with van der Waals surface area (Å²) in [6, 6.07) is 6.03. The monoisotopic (exact) mass is 345 g/mol. The zero-order valence-electron chi connectivity index (χ0n) is 14.5. The highest BCUT2D eigenvalue weighted by Gasteiger charge is 2.20. The summed E-state index contributed by atoms with van der Waals surface area (Å²) in [5, 5.41) is 6.91. The lowest BCUT2D eigenvalue weighted by Gasteiger charge is -2.12. The Hall–Kier alpha value is -2.96. The van der Waals surface area contributed by atoms with Gasteiger partial charge in [-0.3, -0.25) is 9.48 Å². The molecule has 1 aromatic heterocycles. The molecule has 0 radical (unpaired) electrons. The van der Waals surface area contributed by atoms with Crippen LogP contribution in [0, 0.1) is 19.7 Å². The van der Waals surface area contributed by atoms with Gasteiger partial charge < -0.3 is 10.1 Å². The highest BCUT2D eigenvalue weighted by atomic mass is 19.1. The average molecular weight is 345 g/mol. The van der Waals surface area contributed by atoms with Crippen molar-refractivity contribution in [2.24, 2.45) is 7.05 Å². The van der Waals surface area contributed by atoms with Gasteiger partial charge in [-0.25, -0.2) is 9.18 Å². The zero-order valence-corrected chi connectivity index (χ0v) is 14.5. The molecule has 1 amide bonds. The lowest BCUT2D eigenvalue weighted by atomic mass is 10.2. The number of amides is 1. The van der Waals surface area contributed by atoms with E-state index in [0.717, 1.165) is 11.8 Å². The molecule has 0 bridgehead atoms. The minimum atomic E-state index is -1.00. The lowest BCUT2D eigenvalue weighted by Crippen LogP contribution is -2.29. The maximum Gasteiger partial charge on any atom is 0.331 e.